The van der Waals surface area contributed by atoms with Crippen LogP contribution in [0.5, 0.6) is 0 Å². The highest BCUT2D eigenvalue weighted by Crippen LogP contribution is 1.92. The molecule has 0 aliphatic rings. The molecule has 72 valence electrons. The van der Waals surface area contributed by atoms with Gasteiger partial charge in [0.05, 0.1) is 0 Å². The number of hydrogen-bond acceptors (Lipinski definition) is 3. The van der Waals surface area contributed by atoms with Crippen molar-refractivity contribution < 1.29 is 4.79 Å². The zero-order chi connectivity index (χ0) is 9.84. The number of nitrogens with one attached hydrogen (secondary N) is 1. The van der Waals surface area contributed by atoms with Crippen LogP contribution in [-0.2, 0) is 7.05 Å². The third kappa shape index (κ3) is 2.87. The lowest BCUT2D eigenvalue weighted by molar-refractivity contribution is 0.0946. The maximum atomic E-state index is 11.3. The van der Waals surface area contributed by atoms with Crippen molar-refractivity contribution in [2.75, 3.05) is 6.54 Å². The molecule has 0 aliphatic heterocycles. The quantitative estimate of drug-likeness (QED) is 0.661. The Balaban J connectivity index is 2.49. The second-order valence-electron chi connectivity index (χ2n) is 3.06. The normalized spacial score (nSPS) is 12.5. The molecular formula is C8H14N4O. The smallest absolute Gasteiger partial charge is 0.271 e. The Bertz CT molecular complexity index is 292. The average Bonchev–Trinajstić information content (AvgIpc) is 2.47. The van der Waals surface area contributed by atoms with E-state index in [2.05, 4.69) is 10.4 Å². The van der Waals surface area contributed by atoms with E-state index in [0.29, 0.717) is 12.2 Å². The third-order valence-corrected chi connectivity index (χ3v) is 1.53. The monoisotopic (exact) mass is 182 g/mol. The van der Waals surface area contributed by atoms with Crippen LogP contribution < -0.4 is 11.1 Å². The fourth-order valence-electron chi connectivity index (χ4n) is 0.880. The van der Waals surface area contributed by atoms with Gasteiger partial charge in [0.15, 0.2) is 0 Å². The lowest BCUT2D eigenvalue weighted by atomic mass is 10.3. The van der Waals surface area contributed by atoms with E-state index in [9.17, 15) is 4.79 Å². The number of rotatable bonds is 3. The van der Waals surface area contributed by atoms with Crippen LogP contribution in [0.4, 0.5) is 0 Å². The molecule has 5 nitrogen and oxygen atoms in total. The van der Waals surface area contributed by atoms with Gasteiger partial charge in [-0.15, -0.1) is 0 Å². The van der Waals surface area contributed by atoms with E-state index in [1.165, 1.54) is 0 Å². The lowest BCUT2D eigenvalue weighted by Gasteiger charge is -2.05. The molecule has 3 N–H and O–H groups in total. The number of aromatic nitrogens is 2. The zero-order valence-electron chi connectivity index (χ0n) is 7.82. The fourth-order valence-corrected chi connectivity index (χ4v) is 0.880. The molecule has 1 unspecified atom stereocenters. The first kappa shape index (κ1) is 9.73. The number of aryl methyl sites for hydroxylation is 1. The van der Waals surface area contributed by atoms with Crippen LogP contribution >= 0.6 is 0 Å². The van der Waals surface area contributed by atoms with E-state index in [4.69, 9.17) is 5.73 Å². The van der Waals surface area contributed by atoms with Crippen LogP contribution in [0.3, 0.4) is 0 Å². The summed E-state index contributed by atoms with van der Waals surface area (Å²) in [7, 11) is 1.77. The SMILES string of the molecule is CC(N)CNC(=O)c1ccn(C)n1. The summed E-state index contributed by atoms with van der Waals surface area (Å²) >= 11 is 0. The Labute approximate surface area is 76.9 Å². The Morgan fingerprint density at radius 2 is 2.54 bits per heavy atom. The number of carbonyl (C=O) groups is 1. The van der Waals surface area contributed by atoms with Crippen LogP contribution in [0.2, 0.25) is 0 Å². The van der Waals surface area contributed by atoms with Gasteiger partial charge >= 0.3 is 0 Å². The molecule has 1 atom stereocenters. The number of carbonyl (C=O) groups excluding carboxylic acids is 1. The predicted octanol–water partition coefficient (Wildman–Crippen LogP) is -0.503. The first-order valence-corrected chi connectivity index (χ1v) is 4.13. The summed E-state index contributed by atoms with van der Waals surface area (Å²) in [4.78, 5) is 11.3. The van der Waals surface area contributed by atoms with Gasteiger partial charge < -0.3 is 11.1 Å². The number of amides is 1. The maximum absolute atomic E-state index is 11.3. The Morgan fingerprint density at radius 3 is 3.00 bits per heavy atom. The van der Waals surface area contributed by atoms with Gasteiger partial charge in [-0.3, -0.25) is 9.48 Å². The standard InChI is InChI=1S/C8H14N4O/c1-6(9)5-10-8(13)7-3-4-12(2)11-7/h3-4,6H,5,9H2,1-2H3,(H,10,13). The van der Waals surface area contributed by atoms with Crippen molar-refractivity contribution in [2.24, 2.45) is 12.8 Å². The molecule has 1 aromatic rings. The van der Waals surface area contributed by atoms with Crippen molar-refractivity contribution in [3.8, 4) is 0 Å². The van der Waals surface area contributed by atoms with Gasteiger partial charge in [0.25, 0.3) is 5.91 Å². The topological polar surface area (TPSA) is 72.9 Å². The first-order chi connectivity index (χ1) is 6.09. The number of nitrogens with two attached hydrogens (primary N) is 1. The molecule has 13 heavy (non-hydrogen) atoms. The van der Waals surface area contributed by atoms with Gasteiger partial charge in [-0.2, -0.15) is 5.10 Å². The number of nitrogens with zero attached hydrogens (tertiary/aromatic N) is 2. The van der Waals surface area contributed by atoms with Crippen molar-refractivity contribution >= 4 is 5.91 Å². The summed E-state index contributed by atoms with van der Waals surface area (Å²) in [6, 6.07) is 1.63. The molecule has 0 saturated carbocycles. The van der Waals surface area contributed by atoms with Gasteiger partial charge in [0, 0.05) is 25.8 Å². The van der Waals surface area contributed by atoms with Crippen molar-refractivity contribution in [3.05, 3.63) is 18.0 Å². The fraction of sp³-hybridized carbons (Fsp3) is 0.500. The summed E-state index contributed by atoms with van der Waals surface area (Å²) in [5.41, 5.74) is 5.90. The third-order valence-electron chi connectivity index (χ3n) is 1.53. The summed E-state index contributed by atoms with van der Waals surface area (Å²) in [6.45, 7) is 2.30. The Kier molecular flexibility index (Phi) is 3.02. The van der Waals surface area contributed by atoms with Crippen LogP contribution in [0.1, 0.15) is 17.4 Å². The van der Waals surface area contributed by atoms with Gasteiger partial charge in [0.2, 0.25) is 0 Å². The van der Waals surface area contributed by atoms with E-state index >= 15 is 0 Å². The largest absolute Gasteiger partial charge is 0.349 e. The maximum Gasteiger partial charge on any atom is 0.271 e. The molecule has 5 heteroatoms. The summed E-state index contributed by atoms with van der Waals surface area (Å²) < 4.78 is 1.58. The van der Waals surface area contributed by atoms with E-state index in [1.54, 1.807) is 24.0 Å². The molecule has 0 saturated heterocycles. The van der Waals surface area contributed by atoms with Gasteiger partial charge in [0.1, 0.15) is 5.69 Å². The second kappa shape index (κ2) is 4.04. The Hall–Kier alpha value is -1.36. The molecule has 1 aromatic heterocycles. The molecule has 0 fully saturated rings. The molecule has 1 rings (SSSR count). The van der Waals surface area contributed by atoms with E-state index in [-0.39, 0.29) is 11.9 Å². The predicted molar refractivity (Wildman–Crippen MR) is 49.2 cm³/mol. The van der Waals surface area contributed by atoms with Crippen LogP contribution in [-0.4, -0.2) is 28.3 Å². The zero-order valence-corrected chi connectivity index (χ0v) is 7.82. The Morgan fingerprint density at radius 1 is 1.85 bits per heavy atom. The van der Waals surface area contributed by atoms with E-state index in [0.717, 1.165) is 0 Å². The second-order valence-corrected chi connectivity index (χ2v) is 3.06. The lowest BCUT2D eigenvalue weighted by Crippen LogP contribution is -2.35. The molecule has 0 radical (unpaired) electrons. The van der Waals surface area contributed by atoms with Crippen LogP contribution in [0.15, 0.2) is 12.3 Å². The highest BCUT2D eigenvalue weighted by atomic mass is 16.1. The highest BCUT2D eigenvalue weighted by molar-refractivity contribution is 5.92. The molecular weight excluding hydrogens is 168 g/mol. The van der Waals surface area contributed by atoms with Crippen LogP contribution in [0, 0.1) is 0 Å². The van der Waals surface area contributed by atoms with E-state index < -0.39 is 0 Å². The summed E-state index contributed by atoms with van der Waals surface area (Å²) in [5.74, 6) is -0.182. The summed E-state index contributed by atoms with van der Waals surface area (Å²) in [5, 5.41) is 6.62. The molecule has 0 bridgehead atoms. The minimum absolute atomic E-state index is 0.0346. The van der Waals surface area contributed by atoms with Gasteiger partial charge in [-0.05, 0) is 13.0 Å². The molecule has 1 heterocycles. The van der Waals surface area contributed by atoms with Crippen molar-refractivity contribution in [1.29, 1.82) is 0 Å². The average molecular weight is 182 g/mol. The van der Waals surface area contributed by atoms with Crippen molar-refractivity contribution in [1.82, 2.24) is 15.1 Å². The minimum atomic E-state index is -0.182. The highest BCUT2D eigenvalue weighted by Gasteiger charge is 2.07. The minimum Gasteiger partial charge on any atom is -0.349 e. The van der Waals surface area contributed by atoms with Crippen molar-refractivity contribution in [3.63, 3.8) is 0 Å². The molecule has 0 spiro atoms. The summed E-state index contributed by atoms with van der Waals surface area (Å²) in [6.07, 6.45) is 1.72. The van der Waals surface area contributed by atoms with Gasteiger partial charge in [-0.1, -0.05) is 0 Å². The molecule has 0 aromatic carbocycles. The van der Waals surface area contributed by atoms with E-state index in [1.807, 2.05) is 6.92 Å². The molecule has 1 amide bonds. The first-order valence-electron chi connectivity index (χ1n) is 4.13. The molecule has 0 aliphatic carbocycles. The van der Waals surface area contributed by atoms with Gasteiger partial charge in [-0.25, -0.2) is 0 Å². The number of hydrogen-bond donors (Lipinski definition) is 2. The van der Waals surface area contributed by atoms with Crippen molar-refractivity contribution in [2.45, 2.75) is 13.0 Å². The van der Waals surface area contributed by atoms with Crippen LogP contribution in [0.25, 0.3) is 0 Å².